The maximum Gasteiger partial charge on any atom is 0.216 e. The molecule has 3 N–H and O–H groups in total. The monoisotopic (exact) mass is 292 g/mol. The molecule has 0 aliphatic rings. The van der Waals surface area contributed by atoms with E-state index in [2.05, 4.69) is 15.2 Å². The number of aromatic amines is 1. The normalized spacial score (nSPS) is 10.8. The van der Waals surface area contributed by atoms with Gasteiger partial charge in [-0.25, -0.2) is 5.10 Å². The number of H-pyrrole nitrogens is 1. The number of hydrogen-bond acceptors (Lipinski definition) is 6. The van der Waals surface area contributed by atoms with Gasteiger partial charge in [0.15, 0.2) is 5.78 Å². The molecule has 2 rings (SSSR count). The minimum atomic E-state index is 0.00877. The molecule has 0 spiro atoms. The van der Waals surface area contributed by atoms with Crippen molar-refractivity contribution in [3.8, 4) is 5.75 Å². The fraction of sp³-hybridized carbons (Fsp3) is 0.308. The quantitative estimate of drug-likeness (QED) is 0.626. The number of nitrogens with two attached hydrogens (primary N) is 1. The van der Waals surface area contributed by atoms with Gasteiger partial charge in [0.25, 0.3) is 0 Å². The predicted molar refractivity (Wildman–Crippen MR) is 78.1 cm³/mol. The van der Waals surface area contributed by atoms with Crippen LogP contribution in [0.1, 0.15) is 24.2 Å². The van der Waals surface area contributed by atoms with E-state index in [0.29, 0.717) is 10.7 Å². The molecule has 0 radical (unpaired) electrons. The van der Waals surface area contributed by atoms with E-state index in [9.17, 15) is 4.79 Å². The Kier molecular flexibility index (Phi) is 4.62. The molecule has 6 nitrogen and oxygen atoms in total. The van der Waals surface area contributed by atoms with Crippen LogP contribution >= 0.6 is 11.8 Å². The van der Waals surface area contributed by atoms with Crippen molar-refractivity contribution >= 4 is 23.5 Å². The van der Waals surface area contributed by atoms with Crippen molar-refractivity contribution in [1.29, 1.82) is 0 Å². The summed E-state index contributed by atoms with van der Waals surface area (Å²) in [6.45, 7) is 3.91. The van der Waals surface area contributed by atoms with Crippen molar-refractivity contribution in [2.75, 3.05) is 11.5 Å². The Morgan fingerprint density at radius 1 is 1.40 bits per heavy atom. The number of carbonyl (C=O) groups is 1. The number of aromatic nitrogens is 3. The molecule has 0 saturated carbocycles. The van der Waals surface area contributed by atoms with E-state index in [0.717, 1.165) is 5.75 Å². The summed E-state index contributed by atoms with van der Waals surface area (Å²) in [6.07, 6.45) is 0.114. The summed E-state index contributed by atoms with van der Waals surface area (Å²) in [7, 11) is 0. The summed E-state index contributed by atoms with van der Waals surface area (Å²) >= 11 is 1.24. The summed E-state index contributed by atoms with van der Waals surface area (Å²) in [4.78, 5) is 15.9. The summed E-state index contributed by atoms with van der Waals surface area (Å²) in [5.74, 6) is 1.28. The number of nitrogens with one attached hydrogen (secondary N) is 1. The molecule has 0 unspecified atom stereocenters. The zero-order valence-electron chi connectivity index (χ0n) is 11.3. The zero-order valence-corrected chi connectivity index (χ0v) is 12.1. The number of nitrogen functional groups attached to an aromatic ring is 1. The van der Waals surface area contributed by atoms with Crippen molar-refractivity contribution in [3.63, 3.8) is 0 Å². The lowest BCUT2D eigenvalue weighted by molar-refractivity contribution is 0.102. The molecule has 0 saturated heterocycles. The lowest BCUT2D eigenvalue weighted by Crippen LogP contribution is -2.06. The number of thioether (sulfide) groups is 1. The van der Waals surface area contributed by atoms with E-state index in [4.69, 9.17) is 10.5 Å². The number of Topliss-reactive ketones (excluding diaryl/α,β-unsaturated/α-hetero) is 1. The molecule has 0 aliphatic carbocycles. The maximum atomic E-state index is 12.0. The highest BCUT2D eigenvalue weighted by Crippen LogP contribution is 2.18. The maximum absolute atomic E-state index is 12.0. The number of benzene rings is 1. The molecule has 106 valence electrons. The van der Waals surface area contributed by atoms with Gasteiger partial charge in [-0.15, -0.1) is 5.10 Å². The number of hydrogen-bond donors (Lipinski definition) is 2. The molecular formula is C13H16N4O2S. The Bertz CT molecular complexity index is 580. The van der Waals surface area contributed by atoms with Crippen LogP contribution in [0, 0.1) is 0 Å². The van der Waals surface area contributed by atoms with Crippen molar-refractivity contribution in [2.24, 2.45) is 0 Å². The second-order valence-electron chi connectivity index (χ2n) is 4.41. The number of ketones is 1. The standard InChI is InChI=1S/C13H16N4O2S/c1-8(2)19-10-5-3-9(4-6-10)11(18)7-20-13-15-12(14)16-17-13/h3-6,8H,7H2,1-2H3,(H3,14,15,16,17). The molecular weight excluding hydrogens is 276 g/mol. The van der Waals surface area contributed by atoms with Crippen LogP contribution < -0.4 is 10.5 Å². The van der Waals surface area contributed by atoms with Crippen molar-refractivity contribution in [1.82, 2.24) is 15.2 Å². The highest BCUT2D eigenvalue weighted by Gasteiger charge is 2.09. The molecule has 7 heteroatoms. The molecule has 20 heavy (non-hydrogen) atoms. The fourth-order valence-corrected chi connectivity index (χ4v) is 2.23. The van der Waals surface area contributed by atoms with E-state index in [1.807, 2.05) is 13.8 Å². The summed E-state index contributed by atoms with van der Waals surface area (Å²) in [6, 6.07) is 7.10. The third-order valence-corrected chi connectivity index (χ3v) is 3.21. The van der Waals surface area contributed by atoms with Gasteiger partial charge < -0.3 is 10.5 Å². The summed E-state index contributed by atoms with van der Waals surface area (Å²) < 4.78 is 5.53. The summed E-state index contributed by atoms with van der Waals surface area (Å²) in [5.41, 5.74) is 6.05. The van der Waals surface area contributed by atoms with Gasteiger partial charge in [0.05, 0.1) is 11.9 Å². The van der Waals surface area contributed by atoms with Gasteiger partial charge in [-0.1, -0.05) is 11.8 Å². The molecule has 2 aromatic rings. The SMILES string of the molecule is CC(C)Oc1ccc(C(=O)CSc2n[nH]c(N)n2)cc1. The Labute approximate surface area is 121 Å². The topological polar surface area (TPSA) is 93.9 Å². The second kappa shape index (κ2) is 6.42. The van der Waals surface area contributed by atoms with Gasteiger partial charge in [0, 0.05) is 5.56 Å². The molecule has 0 aliphatic heterocycles. The minimum absolute atomic E-state index is 0.00877. The average Bonchev–Trinajstić information content (AvgIpc) is 2.82. The van der Waals surface area contributed by atoms with E-state index in [-0.39, 0.29) is 23.6 Å². The highest BCUT2D eigenvalue weighted by atomic mass is 32.2. The first-order valence-electron chi connectivity index (χ1n) is 6.15. The number of carbonyl (C=O) groups excluding carboxylic acids is 1. The van der Waals surface area contributed by atoms with Gasteiger partial charge >= 0.3 is 0 Å². The number of nitrogens with zero attached hydrogens (tertiary/aromatic N) is 2. The first-order valence-corrected chi connectivity index (χ1v) is 7.14. The average molecular weight is 292 g/mol. The first kappa shape index (κ1) is 14.4. The minimum Gasteiger partial charge on any atom is -0.491 e. The Balaban J connectivity index is 1.92. The zero-order chi connectivity index (χ0) is 14.5. The fourth-order valence-electron chi connectivity index (χ4n) is 1.53. The van der Waals surface area contributed by atoms with Crippen LogP contribution in [-0.2, 0) is 0 Å². The predicted octanol–water partition coefficient (Wildman–Crippen LogP) is 2.15. The molecule has 0 atom stereocenters. The van der Waals surface area contributed by atoms with Crippen LogP contribution in [0.25, 0.3) is 0 Å². The Morgan fingerprint density at radius 3 is 2.65 bits per heavy atom. The van der Waals surface area contributed by atoms with E-state index in [1.54, 1.807) is 24.3 Å². The van der Waals surface area contributed by atoms with Gasteiger partial charge in [-0.3, -0.25) is 4.79 Å². The lowest BCUT2D eigenvalue weighted by Gasteiger charge is -2.09. The van der Waals surface area contributed by atoms with Gasteiger partial charge in [0.1, 0.15) is 5.75 Å². The molecule has 0 fully saturated rings. The Hall–Kier alpha value is -2.02. The van der Waals surface area contributed by atoms with Crippen LogP contribution in [0.3, 0.4) is 0 Å². The second-order valence-corrected chi connectivity index (χ2v) is 5.35. The molecule has 1 heterocycles. The number of anilines is 1. The third kappa shape index (κ3) is 3.99. The van der Waals surface area contributed by atoms with Crippen molar-refractivity contribution in [2.45, 2.75) is 25.1 Å². The largest absolute Gasteiger partial charge is 0.491 e. The lowest BCUT2D eigenvalue weighted by atomic mass is 10.1. The molecule has 1 aromatic heterocycles. The van der Waals surface area contributed by atoms with E-state index >= 15 is 0 Å². The third-order valence-electron chi connectivity index (χ3n) is 2.36. The highest BCUT2D eigenvalue weighted by molar-refractivity contribution is 7.99. The van der Waals surface area contributed by atoms with Gasteiger partial charge in [-0.2, -0.15) is 4.98 Å². The number of rotatable bonds is 6. The first-order chi connectivity index (χ1) is 9.54. The van der Waals surface area contributed by atoms with Crippen LogP contribution in [0.2, 0.25) is 0 Å². The molecule has 0 bridgehead atoms. The Morgan fingerprint density at radius 2 is 2.10 bits per heavy atom. The van der Waals surface area contributed by atoms with Gasteiger partial charge in [0.2, 0.25) is 11.1 Å². The molecule has 0 amide bonds. The molecule has 1 aromatic carbocycles. The smallest absolute Gasteiger partial charge is 0.216 e. The van der Waals surface area contributed by atoms with E-state index < -0.39 is 0 Å². The van der Waals surface area contributed by atoms with Crippen LogP contribution in [-0.4, -0.2) is 32.8 Å². The van der Waals surface area contributed by atoms with Gasteiger partial charge in [-0.05, 0) is 38.1 Å². The number of ether oxygens (including phenoxy) is 1. The van der Waals surface area contributed by atoms with Crippen molar-refractivity contribution < 1.29 is 9.53 Å². The van der Waals surface area contributed by atoms with Crippen LogP contribution in [0.15, 0.2) is 29.4 Å². The van der Waals surface area contributed by atoms with Crippen LogP contribution in [0.5, 0.6) is 5.75 Å². The van der Waals surface area contributed by atoms with E-state index in [1.165, 1.54) is 11.8 Å². The van der Waals surface area contributed by atoms with Crippen molar-refractivity contribution in [3.05, 3.63) is 29.8 Å². The van der Waals surface area contributed by atoms with Crippen LogP contribution in [0.4, 0.5) is 5.95 Å². The summed E-state index contributed by atoms with van der Waals surface area (Å²) in [5, 5.41) is 6.85.